The molecule has 0 bridgehead atoms. The van der Waals surface area contributed by atoms with Crippen LogP contribution in [0.5, 0.6) is 0 Å². The van der Waals surface area contributed by atoms with Crippen molar-refractivity contribution >= 4 is 11.6 Å². The minimum Gasteiger partial charge on any atom is -0.298 e. The van der Waals surface area contributed by atoms with Gasteiger partial charge in [0, 0.05) is 11.6 Å². The van der Waals surface area contributed by atoms with Crippen LogP contribution in [0, 0.1) is 5.82 Å². The van der Waals surface area contributed by atoms with Crippen LogP contribution in [0.4, 0.5) is 4.39 Å². The van der Waals surface area contributed by atoms with Crippen molar-refractivity contribution in [3.63, 3.8) is 0 Å². The Kier molecular flexibility index (Phi) is 4.16. The molecule has 2 nitrogen and oxygen atoms in total. The Morgan fingerprint density at radius 3 is 2.75 bits per heavy atom. The number of halogens is 2. The van der Waals surface area contributed by atoms with Crippen molar-refractivity contribution in [3.8, 4) is 0 Å². The number of nitrogens with one attached hydrogen (secondary N) is 1. The molecule has 0 radical (unpaired) electrons. The maximum atomic E-state index is 13.0. The van der Waals surface area contributed by atoms with Crippen molar-refractivity contribution in [1.82, 2.24) is 5.48 Å². The fourth-order valence-corrected chi connectivity index (χ4v) is 2.21. The summed E-state index contributed by atoms with van der Waals surface area (Å²) >= 11 is 5.75. The third kappa shape index (κ3) is 3.44. The van der Waals surface area contributed by atoms with Gasteiger partial charge in [-0.05, 0) is 36.6 Å². The molecule has 1 saturated carbocycles. The van der Waals surface area contributed by atoms with Crippen molar-refractivity contribution in [2.75, 3.05) is 0 Å². The Bertz CT molecular complexity index is 333. The molecule has 1 aromatic rings. The van der Waals surface area contributed by atoms with Gasteiger partial charge in [0.1, 0.15) is 5.82 Å². The van der Waals surface area contributed by atoms with Crippen molar-refractivity contribution < 1.29 is 9.23 Å². The van der Waals surface area contributed by atoms with Gasteiger partial charge < -0.3 is 0 Å². The van der Waals surface area contributed by atoms with Crippen molar-refractivity contribution in [1.29, 1.82) is 0 Å². The van der Waals surface area contributed by atoms with E-state index in [9.17, 15) is 4.39 Å². The number of hydrogen-bond donors (Lipinski definition) is 1. The first-order valence-electron chi connectivity index (χ1n) is 5.57. The van der Waals surface area contributed by atoms with E-state index in [0.29, 0.717) is 17.7 Å². The first kappa shape index (κ1) is 11.8. The molecule has 0 heterocycles. The summed E-state index contributed by atoms with van der Waals surface area (Å²) in [6.45, 7) is 0.480. The highest BCUT2D eigenvalue weighted by molar-refractivity contribution is 6.30. The zero-order chi connectivity index (χ0) is 11.4. The Morgan fingerprint density at radius 2 is 2.06 bits per heavy atom. The van der Waals surface area contributed by atoms with Crippen molar-refractivity contribution in [2.45, 2.75) is 38.3 Å². The number of benzene rings is 1. The third-order valence-corrected chi connectivity index (χ3v) is 2.97. The molecule has 1 aliphatic carbocycles. The quantitative estimate of drug-likeness (QED) is 0.818. The molecule has 0 atom stereocenters. The van der Waals surface area contributed by atoms with E-state index >= 15 is 0 Å². The Labute approximate surface area is 99.7 Å². The zero-order valence-corrected chi connectivity index (χ0v) is 9.77. The van der Waals surface area contributed by atoms with E-state index in [-0.39, 0.29) is 5.82 Å². The van der Waals surface area contributed by atoms with Gasteiger partial charge in [-0.15, -0.1) is 0 Å². The van der Waals surface area contributed by atoms with E-state index < -0.39 is 0 Å². The lowest BCUT2D eigenvalue weighted by Crippen LogP contribution is -2.21. The Balaban J connectivity index is 1.80. The molecule has 0 aromatic heterocycles. The first-order valence-corrected chi connectivity index (χ1v) is 5.95. The molecule has 2 rings (SSSR count). The SMILES string of the molecule is Fc1cc(Cl)cc(CNOC2CCCC2)c1. The van der Waals surface area contributed by atoms with Crippen molar-refractivity contribution in [3.05, 3.63) is 34.6 Å². The van der Waals surface area contributed by atoms with Crippen molar-refractivity contribution in [2.24, 2.45) is 0 Å². The minimum absolute atomic E-state index is 0.309. The van der Waals surface area contributed by atoms with Gasteiger partial charge in [-0.3, -0.25) is 4.84 Å². The molecule has 88 valence electrons. The zero-order valence-electron chi connectivity index (χ0n) is 9.01. The number of hydroxylamine groups is 1. The van der Waals surface area contributed by atoms with E-state index in [0.717, 1.165) is 18.4 Å². The van der Waals surface area contributed by atoms with E-state index in [4.69, 9.17) is 16.4 Å². The standard InChI is InChI=1S/C12H15ClFNO/c13-10-5-9(6-11(14)7-10)8-15-16-12-3-1-2-4-12/h5-7,12,15H,1-4,8H2. The van der Waals surface area contributed by atoms with Gasteiger partial charge in [0.15, 0.2) is 0 Å². The van der Waals surface area contributed by atoms with E-state index in [2.05, 4.69) is 5.48 Å². The first-order chi connectivity index (χ1) is 7.74. The van der Waals surface area contributed by atoms with Gasteiger partial charge in [0.05, 0.1) is 6.10 Å². The van der Waals surface area contributed by atoms with Crippen LogP contribution >= 0.6 is 11.6 Å². The normalized spacial score (nSPS) is 16.9. The van der Waals surface area contributed by atoms with Gasteiger partial charge in [0.25, 0.3) is 0 Å². The molecular formula is C12H15ClFNO. The highest BCUT2D eigenvalue weighted by atomic mass is 35.5. The molecule has 1 aliphatic rings. The van der Waals surface area contributed by atoms with E-state index in [1.165, 1.54) is 25.0 Å². The predicted molar refractivity (Wildman–Crippen MR) is 61.6 cm³/mol. The lowest BCUT2D eigenvalue weighted by atomic mass is 10.2. The predicted octanol–water partition coefficient (Wildman–Crippen LogP) is 3.44. The van der Waals surface area contributed by atoms with Gasteiger partial charge in [-0.1, -0.05) is 24.4 Å². The summed E-state index contributed by atoms with van der Waals surface area (Å²) in [7, 11) is 0. The lowest BCUT2D eigenvalue weighted by Gasteiger charge is -2.11. The van der Waals surface area contributed by atoms with Gasteiger partial charge >= 0.3 is 0 Å². The number of rotatable bonds is 4. The second-order valence-electron chi connectivity index (χ2n) is 4.12. The van der Waals surface area contributed by atoms with Crippen LogP contribution in [0.3, 0.4) is 0 Å². The average molecular weight is 244 g/mol. The molecule has 0 spiro atoms. The van der Waals surface area contributed by atoms with Crippen LogP contribution in [0.2, 0.25) is 5.02 Å². The molecule has 4 heteroatoms. The van der Waals surface area contributed by atoms with Crippen LogP contribution in [-0.2, 0) is 11.4 Å². The maximum Gasteiger partial charge on any atom is 0.125 e. The molecular weight excluding hydrogens is 229 g/mol. The van der Waals surface area contributed by atoms with Crippen LogP contribution in [-0.4, -0.2) is 6.10 Å². The summed E-state index contributed by atoms with van der Waals surface area (Å²) in [5, 5.41) is 0.415. The Hall–Kier alpha value is -0.640. The molecule has 0 aliphatic heterocycles. The molecule has 16 heavy (non-hydrogen) atoms. The summed E-state index contributed by atoms with van der Waals surface area (Å²) in [6.07, 6.45) is 4.99. The smallest absolute Gasteiger partial charge is 0.125 e. The third-order valence-electron chi connectivity index (χ3n) is 2.75. The molecule has 1 N–H and O–H groups in total. The fraction of sp³-hybridized carbons (Fsp3) is 0.500. The second-order valence-corrected chi connectivity index (χ2v) is 4.56. The Morgan fingerprint density at radius 1 is 1.31 bits per heavy atom. The molecule has 1 fully saturated rings. The van der Waals surface area contributed by atoms with Crippen LogP contribution in [0.1, 0.15) is 31.2 Å². The highest BCUT2D eigenvalue weighted by Gasteiger charge is 2.15. The second kappa shape index (κ2) is 5.62. The summed E-state index contributed by atoms with van der Waals surface area (Å²) in [6, 6.07) is 4.48. The number of hydrogen-bond acceptors (Lipinski definition) is 2. The van der Waals surface area contributed by atoms with Crippen LogP contribution in [0.25, 0.3) is 0 Å². The summed E-state index contributed by atoms with van der Waals surface area (Å²) < 4.78 is 13.0. The summed E-state index contributed by atoms with van der Waals surface area (Å²) in [5.74, 6) is -0.315. The molecule has 0 amide bonds. The summed E-state index contributed by atoms with van der Waals surface area (Å²) in [5.41, 5.74) is 3.67. The largest absolute Gasteiger partial charge is 0.298 e. The van der Waals surface area contributed by atoms with Crippen LogP contribution < -0.4 is 5.48 Å². The topological polar surface area (TPSA) is 21.3 Å². The van der Waals surface area contributed by atoms with Crippen LogP contribution in [0.15, 0.2) is 18.2 Å². The summed E-state index contributed by atoms with van der Waals surface area (Å²) in [4.78, 5) is 5.47. The van der Waals surface area contributed by atoms with E-state index in [1.807, 2.05) is 0 Å². The lowest BCUT2D eigenvalue weighted by molar-refractivity contribution is -0.0244. The fourth-order valence-electron chi connectivity index (χ4n) is 1.96. The van der Waals surface area contributed by atoms with Gasteiger partial charge in [-0.25, -0.2) is 4.39 Å². The van der Waals surface area contributed by atoms with Gasteiger partial charge in [-0.2, -0.15) is 5.48 Å². The highest BCUT2D eigenvalue weighted by Crippen LogP contribution is 2.20. The maximum absolute atomic E-state index is 13.0. The minimum atomic E-state index is -0.315. The molecule has 0 unspecified atom stereocenters. The molecule has 0 saturated heterocycles. The average Bonchev–Trinajstić information content (AvgIpc) is 2.69. The van der Waals surface area contributed by atoms with Gasteiger partial charge in [0.2, 0.25) is 0 Å². The monoisotopic (exact) mass is 243 g/mol. The molecule has 1 aromatic carbocycles. The van der Waals surface area contributed by atoms with E-state index in [1.54, 1.807) is 6.07 Å².